The molecule has 0 aliphatic heterocycles. The van der Waals surface area contributed by atoms with Gasteiger partial charge in [0, 0.05) is 20.1 Å². The van der Waals surface area contributed by atoms with Crippen molar-refractivity contribution in [3.05, 3.63) is 15.8 Å². The van der Waals surface area contributed by atoms with E-state index in [1.54, 1.807) is 14.0 Å². The highest BCUT2D eigenvalue weighted by atomic mass is 16.6. The molecule has 7 nitrogen and oxygen atoms in total. The van der Waals surface area contributed by atoms with Gasteiger partial charge in [-0.3, -0.25) is 10.1 Å². The Morgan fingerprint density at radius 1 is 1.24 bits per heavy atom. The Bertz CT molecular complexity index is 512. The maximum atomic E-state index is 11.4. The zero-order chi connectivity index (χ0) is 15.4. The predicted octanol–water partition coefficient (Wildman–Crippen LogP) is 2.89. The number of hydrogen-bond acceptors (Lipinski definition) is 6. The normalized spacial score (nSPS) is 16.3. The summed E-state index contributed by atoms with van der Waals surface area (Å²) >= 11 is 0. The van der Waals surface area contributed by atoms with E-state index in [9.17, 15) is 10.1 Å². The van der Waals surface area contributed by atoms with Crippen LogP contribution in [0.5, 0.6) is 0 Å². The van der Waals surface area contributed by atoms with E-state index in [1.807, 2.05) is 11.9 Å². The molecule has 2 rings (SSSR count). The van der Waals surface area contributed by atoms with Crippen LogP contribution in [0.4, 0.5) is 17.5 Å². The standard InChI is InChI=1S/C14H23N5O2/c1-10-12(19(20)21)13(17-14(15-2)16-10)18(3)11-8-6-4-5-7-9-11/h11H,4-9H2,1-3H3,(H,15,16,17). The van der Waals surface area contributed by atoms with Gasteiger partial charge in [0.15, 0.2) is 0 Å². The van der Waals surface area contributed by atoms with Crippen LogP contribution < -0.4 is 10.2 Å². The SMILES string of the molecule is CNc1nc(C)c([N+](=O)[O-])c(N(C)C2CCCCCC2)n1. The molecule has 0 amide bonds. The third-order valence-corrected chi connectivity index (χ3v) is 4.15. The molecule has 0 bridgehead atoms. The van der Waals surface area contributed by atoms with E-state index in [-0.39, 0.29) is 10.6 Å². The third-order valence-electron chi connectivity index (χ3n) is 4.15. The minimum atomic E-state index is -0.378. The predicted molar refractivity (Wildman–Crippen MR) is 82.9 cm³/mol. The molecule has 1 N–H and O–H groups in total. The summed E-state index contributed by atoms with van der Waals surface area (Å²) in [5, 5.41) is 14.2. The molecule has 1 saturated carbocycles. The van der Waals surface area contributed by atoms with Gasteiger partial charge in [0.1, 0.15) is 5.69 Å². The van der Waals surface area contributed by atoms with Gasteiger partial charge in [-0.15, -0.1) is 0 Å². The number of rotatable bonds is 4. The summed E-state index contributed by atoms with van der Waals surface area (Å²) in [5.41, 5.74) is 0.413. The Balaban J connectivity index is 2.39. The maximum Gasteiger partial charge on any atom is 0.332 e. The molecule has 0 aromatic carbocycles. The van der Waals surface area contributed by atoms with Gasteiger partial charge in [0.05, 0.1) is 4.92 Å². The largest absolute Gasteiger partial charge is 0.357 e. The minimum Gasteiger partial charge on any atom is -0.357 e. The summed E-state index contributed by atoms with van der Waals surface area (Å²) < 4.78 is 0. The van der Waals surface area contributed by atoms with E-state index in [2.05, 4.69) is 15.3 Å². The Kier molecular flexibility index (Phi) is 4.93. The first kappa shape index (κ1) is 15.5. The summed E-state index contributed by atoms with van der Waals surface area (Å²) in [7, 11) is 3.63. The molecule has 1 aromatic rings. The second kappa shape index (κ2) is 6.69. The van der Waals surface area contributed by atoms with Crippen molar-refractivity contribution in [2.24, 2.45) is 0 Å². The van der Waals surface area contributed by atoms with Crippen LogP contribution in [0.2, 0.25) is 0 Å². The maximum absolute atomic E-state index is 11.4. The van der Waals surface area contributed by atoms with Crippen LogP contribution in [-0.2, 0) is 0 Å². The van der Waals surface area contributed by atoms with Gasteiger partial charge in [0.2, 0.25) is 11.8 Å². The lowest BCUT2D eigenvalue weighted by Gasteiger charge is -2.28. The minimum absolute atomic E-state index is 0.0146. The molecular formula is C14H23N5O2. The first-order valence-corrected chi connectivity index (χ1v) is 7.48. The van der Waals surface area contributed by atoms with E-state index in [0.717, 1.165) is 12.8 Å². The summed E-state index contributed by atoms with van der Waals surface area (Å²) in [4.78, 5) is 21.4. The molecule has 7 heteroatoms. The van der Waals surface area contributed by atoms with Gasteiger partial charge in [0.25, 0.3) is 0 Å². The van der Waals surface area contributed by atoms with Gasteiger partial charge >= 0.3 is 5.69 Å². The summed E-state index contributed by atoms with van der Waals surface area (Å²) in [5.74, 6) is 0.845. The molecule has 1 aliphatic carbocycles. The van der Waals surface area contributed by atoms with Gasteiger partial charge in [-0.2, -0.15) is 4.98 Å². The topological polar surface area (TPSA) is 84.2 Å². The summed E-state index contributed by atoms with van der Waals surface area (Å²) in [6.07, 6.45) is 6.96. The molecule has 0 radical (unpaired) electrons. The van der Waals surface area contributed by atoms with Crippen LogP contribution in [0, 0.1) is 17.0 Å². The quantitative estimate of drug-likeness (QED) is 0.522. The van der Waals surface area contributed by atoms with Crippen LogP contribution in [0.3, 0.4) is 0 Å². The lowest BCUT2D eigenvalue weighted by atomic mass is 10.1. The second-order valence-corrected chi connectivity index (χ2v) is 5.57. The summed E-state index contributed by atoms with van der Waals surface area (Å²) in [6.45, 7) is 1.66. The fraction of sp³-hybridized carbons (Fsp3) is 0.714. The first-order valence-electron chi connectivity index (χ1n) is 7.48. The molecule has 0 spiro atoms. The molecule has 0 atom stereocenters. The first-order chi connectivity index (χ1) is 10.0. The van der Waals surface area contributed by atoms with E-state index in [0.29, 0.717) is 23.5 Å². The Labute approximate surface area is 124 Å². The van der Waals surface area contributed by atoms with Gasteiger partial charge in [-0.05, 0) is 19.8 Å². The Morgan fingerprint density at radius 2 is 1.86 bits per heavy atom. The van der Waals surface area contributed by atoms with Crippen LogP contribution in [0.1, 0.15) is 44.2 Å². The summed E-state index contributed by atoms with van der Waals surface area (Å²) in [6, 6.07) is 0.310. The smallest absolute Gasteiger partial charge is 0.332 e. The zero-order valence-corrected chi connectivity index (χ0v) is 12.9. The fourth-order valence-electron chi connectivity index (χ4n) is 2.94. The zero-order valence-electron chi connectivity index (χ0n) is 12.9. The number of aromatic nitrogens is 2. The van der Waals surface area contributed by atoms with E-state index in [1.165, 1.54) is 25.7 Å². The van der Waals surface area contributed by atoms with Crippen molar-refractivity contribution < 1.29 is 4.92 Å². The molecule has 116 valence electrons. The van der Waals surface area contributed by atoms with Crippen molar-refractivity contribution in [1.29, 1.82) is 0 Å². The van der Waals surface area contributed by atoms with Crippen LogP contribution in [0.15, 0.2) is 0 Å². The van der Waals surface area contributed by atoms with Crippen molar-refractivity contribution in [3.8, 4) is 0 Å². The monoisotopic (exact) mass is 293 g/mol. The fourth-order valence-corrected chi connectivity index (χ4v) is 2.94. The lowest BCUT2D eigenvalue weighted by molar-refractivity contribution is -0.385. The molecule has 1 aromatic heterocycles. The molecule has 1 fully saturated rings. The second-order valence-electron chi connectivity index (χ2n) is 5.57. The number of aryl methyl sites for hydroxylation is 1. The van der Waals surface area contributed by atoms with Crippen molar-refractivity contribution in [1.82, 2.24) is 9.97 Å². The highest BCUT2D eigenvalue weighted by molar-refractivity contribution is 5.62. The third kappa shape index (κ3) is 3.40. The van der Waals surface area contributed by atoms with Crippen molar-refractivity contribution in [2.75, 3.05) is 24.3 Å². The number of nitro groups is 1. The van der Waals surface area contributed by atoms with Crippen LogP contribution in [0.25, 0.3) is 0 Å². The number of nitrogens with one attached hydrogen (secondary N) is 1. The van der Waals surface area contributed by atoms with E-state index < -0.39 is 0 Å². The van der Waals surface area contributed by atoms with Gasteiger partial charge < -0.3 is 10.2 Å². The molecule has 1 heterocycles. The van der Waals surface area contributed by atoms with E-state index >= 15 is 0 Å². The van der Waals surface area contributed by atoms with E-state index in [4.69, 9.17) is 0 Å². The molecule has 21 heavy (non-hydrogen) atoms. The lowest BCUT2D eigenvalue weighted by Crippen LogP contribution is -2.32. The Morgan fingerprint density at radius 3 is 2.38 bits per heavy atom. The van der Waals surface area contributed by atoms with Gasteiger partial charge in [-0.1, -0.05) is 25.7 Å². The molecule has 1 aliphatic rings. The van der Waals surface area contributed by atoms with Crippen molar-refractivity contribution in [3.63, 3.8) is 0 Å². The molecule has 0 unspecified atom stereocenters. The van der Waals surface area contributed by atoms with Crippen molar-refractivity contribution >= 4 is 17.5 Å². The van der Waals surface area contributed by atoms with Crippen LogP contribution >= 0.6 is 0 Å². The highest BCUT2D eigenvalue weighted by Gasteiger charge is 2.28. The molecular weight excluding hydrogens is 270 g/mol. The van der Waals surface area contributed by atoms with Crippen LogP contribution in [-0.4, -0.2) is 35.0 Å². The number of hydrogen-bond donors (Lipinski definition) is 1. The van der Waals surface area contributed by atoms with Crippen molar-refractivity contribution in [2.45, 2.75) is 51.5 Å². The number of anilines is 2. The Hall–Kier alpha value is -1.92. The molecule has 0 saturated heterocycles. The average molecular weight is 293 g/mol. The average Bonchev–Trinajstić information content (AvgIpc) is 2.74. The highest BCUT2D eigenvalue weighted by Crippen LogP contribution is 2.33. The van der Waals surface area contributed by atoms with Gasteiger partial charge in [-0.25, -0.2) is 4.98 Å². The number of nitrogens with zero attached hydrogens (tertiary/aromatic N) is 4.